The van der Waals surface area contributed by atoms with E-state index in [1.807, 2.05) is 0 Å². The van der Waals surface area contributed by atoms with E-state index < -0.39 is 4.92 Å². The maximum absolute atomic E-state index is 10.6. The number of nitro benzene ring substituents is 1. The second kappa shape index (κ2) is 3.30. The van der Waals surface area contributed by atoms with Gasteiger partial charge in [-0.25, -0.2) is 0 Å². The van der Waals surface area contributed by atoms with Crippen LogP contribution >= 0.6 is 0 Å². The van der Waals surface area contributed by atoms with E-state index >= 15 is 0 Å². The predicted molar refractivity (Wildman–Crippen MR) is 51.3 cm³/mol. The van der Waals surface area contributed by atoms with Crippen molar-refractivity contribution >= 4 is 17.1 Å². The van der Waals surface area contributed by atoms with Crippen molar-refractivity contribution in [3.05, 3.63) is 27.8 Å². The van der Waals surface area contributed by atoms with Gasteiger partial charge in [-0.1, -0.05) is 6.92 Å². The molecular formula is C8H11N3O2. The highest BCUT2D eigenvalue weighted by molar-refractivity contribution is 5.72. The quantitative estimate of drug-likeness (QED) is 0.408. The van der Waals surface area contributed by atoms with Crippen molar-refractivity contribution in [2.24, 2.45) is 0 Å². The van der Waals surface area contributed by atoms with Gasteiger partial charge in [0.2, 0.25) is 0 Å². The lowest BCUT2D eigenvalue weighted by Gasteiger charge is -2.06. The zero-order chi connectivity index (χ0) is 10.0. The number of nitro groups is 1. The van der Waals surface area contributed by atoms with Crippen LogP contribution in [0.2, 0.25) is 0 Å². The van der Waals surface area contributed by atoms with Gasteiger partial charge in [-0.3, -0.25) is 10.1 Å². The SMILES string of the molecule is CCc1c([N+](=O)[O-])ccc(N)c1N. The molecule has 1 aromatic rings. The number of benzene rings is 1. The largest absolute Gasteiger partial charge is 0.397 e. The summed E-state index contributed by atoms with van der Waals surface area (Å²) in [5.41, 5.74) is 12.4. The lowest BCUT2D eigenvalue weighted by atomic mass is 10.1. The van der Waals surface area contributed by atoms with E-state index in [9.17, 15) is 10.1 Å². The van der Waals surface area contributed by atoms with Gasteiger partial charge in [0.15, 0.2) is 0 Å². The van der Waals surface area contributed by atoms with Crippen LogP contribution in [0, 0.1) is 10.1 Å². The molecule has 1 aromatic carbocycles. The van der Waals surface area contributed by atoms with Crippen molar-refractivity contribution in [1.82, 2.24) is 0 Å². The maximum atomic E-state index is 10.6. The van der Waals surface area contributed by atoms with Gasteiger partial charge in [0.1, 0.15) is 0 Å². The van der Waals surface area contributed by atoms with Gasteiger partial charge in [0, 0.05) is 6.07 Å². The normalized spacial score (nSPS) is 9.92. The summed E-state index contributed by atoms with van der Waals surface area (Å²) >= 11 is 0. The fraction of sp³-hybridized carbons (Fsp3) is 0.250. The number of nitrogen functional groups attached to an aromatic ring is 2. The second-order valence-corrected chi connectivity index (χ2v) is 2.68. The zero-order valence-electron chi connectivity index (χ0n) is 7.28. The average Bonchev–Trinajstić information content (AvgIpc) is 2.09. The molecule has 0 radical (unpaired) electrons. The molecule has 0 unspecified atom stereocenters. The fourth-order valence-corrected chi connectivity index (χ4v) is 1.21. The van der Waals surface area contributed by atoms with Gasteiger partial charge < -0.3 is 11.5 Å². The minimum atomic E-state index is -0.450. The first-order valence-electron chi connectivity index (χ1n) is 3.89. The van der Waals surface area contributed by atoms with Crippen LogP contribution in [-0.4, -0.2) is 4.92 Å². The molecular weight excluding hydrogens is 170 g/mol. The van der Waals surface area contributed by atoms with Crippen molar-refractivity contribution in [3.8, 4) is 0 Å². The maximum Gasteiger partial charge on any atom is 0.274 e. The Hall–Kier alpha value is -1.78. The molecule has 0 saturated heterocycles. The van der Waals surface area contributed by atoms with Crippen LogP contribution in [0.5, 0.6) is 0 Å². The molecule has 0 fully saturated rings. The van der Waals surface area contributed by atoms with Crippen LogP contribution in [0.4, 0.5) is 17.1 Å². The van der Waals surface area contributed by atoms with E-state index in [0.29, 0.717) is 23.4 Å². The minimum Gasteiger partial charge on any atom is -0.397 e. The summed E-state index contributed by atoms with van der Waals surface area (Å²) in [4.78, 5) is 10.1. The van der Waals surface area contributed by atoms with Crippen molar-refractivity contribution < 1.29 is 4.92 Å². The van der Waals surface area contributed by atoms with Crippen molar-refractivity contribution in [2.75, 3.05) is 11.5 Å². The van der Waals surface area contributed by atoms with Crippen molar-refractivity contribution in [3.63, 3.8) is 0 Å². The molecule has 0 aromatic heterocycles. The van der Waals surface area contributed by atoms with Gasteiger partial charge in [-0.2, -0.15) is 0 Å². The Morgan fingerprint density at radius 1 is 1.46 bits per heavy atom. The molecule has 0 aliphatic rings. The average molecular weight is 181 g/mol. The Morgan fingerprint density at radius 2 is 2.08 bits per heavy atom. The lowest BCUT2D eigenvalue weighted by Crippen LogP contribution is -2.03. The van der Waals surface area contributed by atoms with Crippen LogP contribution in [0.15, 0.2) is 12.1 Å². The van der Waals surface area contributed by atoms with Gasteiger partial charge in [0.25, 0.3) is 5.69 Å². The molecule has 0 aliphatic heterocycles. The molecule has 0 aliphatic carbocycles. The summed E-state index contributed by atoms with van der Waals surface area (Å²) < 4.78 is 0. The van der Waals surface area contributed by atoms with Crippen LogP contribution in [0.1, 0.15) is 12.5 Å². The van der Waals surface area contributed by atoms with Crippen LogP contribution in [0.3, 0.4) is 0 Å². The van der Waals surface area contributed by atoms with Crippen LogP contribution < -0.4 is 11.5 Å². The Labute approximate surface area is 75.5 Å². The first kappa shape index (κ1) is 9.31. The number of anilines is 2. The molecule has 5 nitrogen and oxygen atoms in total. The lowest BCUT2D eigenvalue weighted by molar-refractivity contribution is -0.385. The zero-order valence-corrected chi connectivity index (χ0v) is 7.28. The number of nitrogens with zero attached hydrogens (tertiary/aromatic N) is 1. The minimum absolute atomic E-state index is 0.0363. The Kier molecular flexibility index (Phi) is 2.36. The Balaban J connectivity index is 3.38. The molecule has 0 amide bonds. The van der Waals surface area contributed by atoms with Gasteiger partial charge in [-0.05, 0) is 12.5 Å². The summed E-state index contributed by atoms with van der Waals surface area (Å²) in [6, 6.07) is 2.83. The van der Waals surface area contributed by atoms with Gasteiger partial charge in [-0.15, -0.1) is 0 Å². The third-order valence-corrected chi connectivity index (χ3v) is 1.92. The highest BCUT2D eigenvalue weighted by Crippen LogP contribution is 2.29. The van der Waals surface area contributed by atoms with Crippen molar-refractivity contribution in [2.45, 2.75) is 13.3 Å². The number of hydrogen-bond acceptors (Lipinski definition) is 4. The monoisotopic (exact) mass is 181 g/mol. The molecule has 4 N–H and O–H groups in total. The van der Waals surface area contributed by atoms with E-state index in [4.69, 9.17) is 11.5 Å². The van der Waals surface area contributed by atoms with Gasteiger partial charge >= 0.3 is 0 Å². The number of rotatable bonds is 2. The molecule has 0 saturated carbocycles. The molecule has 0 heterocycles. The predicted octanol–water partition coefficient (Wildman–Crippen LogP) is 1.32. The standard InChI is InChI=1S/C8H11N3O2/c1-2-5-7(11(12)13)4-3-6(9)8(5)10/h3-4H,2,9-10H2,1H3. The first-order chi connectivity index (χ1) is 6.07. The molecule has 70 valence electrons. The van der Waals surface area contributed by atoms with E-state index in [-0.39, 0.29) is 5.69 Å². The van der Waals surface area contributed by atoms with Gasteiger partial charge in [0.05, 0.1) is 21.9 Å². The highest BCUT2D eigenvalue weighted by atomic mass is 16.6. The molecule has 13 heavy (non-hydrogen) atoms. The van der Waals surface area contributed by atoms with Crippen molar-refractivity contribution in [1.29, 1.82) is 0 Å². The first-order valence-corrected chi connectivity index (χ1v) is 3.89. The summed E-state index contributed by atoms with van der Waals surface area (Å²) in [7, 11) is 0. The fourth-order valence-electron chi connectivity index (χ4n) is 1.21. The Morgan fingerprint density at radius 3 is 2.54 bits per heavy atom. The topological polar surface area (TPSA) is 95.2 Å². The Bertz CT molecular complexity index is 349. The summed E-state index contributed by atoms with van der Waals surface area (Å²) in [5.74, 6) is 0. The number of hydrogen-bond donors (Lipinski definition) is 2. The molecule has 0 atom stereocenters. The van der Waals surface area contributed by atoms with E-state index in [1.54, 1.807) is 6.92 Å². The van der Waals surface area contributed by atoms with Crippen LogP contribution in [0.25, 0.3) is 0 Å². The second-order valence-electron chi connectivity index (χ2n) is 2.68. The summed E-state index contributed by atoms with van der Waals surface area (Å²) in [6.07, 6.45) is 0.507. The van der Waals surface area contributed by atoms with E-state index in [2.05, 4.69) is 0 Å². The third-order valence-electron chi connectivity index (χ3n) is 1.92. The molecule has 0 bridgehead atoms. The van der Waals surface area contributed by atoms with E-state index in [1.165, 1.54) is 12.1 Å². The molecule has 1 rings (SSSR count). The third kappa shape index (κ3) is 1.53. The summed E-state index contributed by atoms with van der Waals surface area (Å²) in [5, 5.41) is 10.6. The number of nitrogens with two attached hydrogens (primary N) is 2. The highest BCUT2D eigenvalue weighted by Gasteiger charge is 2.15. The van der Waals surface area contributed by atoms with E-state index in [0.717, 1.165) is 0 Å². The smallest absolute Gasteiger partial charge is 0.274 e. The molecule has 0 spiro atoms. The van der Waals surface area contributed by atoms with Crippen LogP contribution in [-0.2, 0) is 6.42 Å². The molecule has 5 heteroatoms. The summed E-state index contributed by atoms with van der Waals surface area (Å²) in [6.45, 7) is 1.80.